The van der Waals surface area contributed by atoms with Crippen molar-refractivity contribution in [3.63, 3.8) is 0 Å². The van der Waals surface area contributed by atoms with Gasteiger partial charge >= 0.3 is 0 Å². The van der Waals surface area contributed by atoms with Crippen LogP contribution in [0.4, 0.5) is 4.39 Å². The lowest BCUT2D eigenvalue weighted by molar-refractivity contribution is 0.169. The standard InChI is InChI=1S/C10H14FNO2/c1-14-9-5-7(4-8(11)6-9)10(13)2-3-12/h4-6,10,13H,2-3,12H2,1H3. The number of ether oxygens (including phenoxy) is 1. The van der Waals surface area contributed by atoms with E-state index in [1.807, 2.05) is 0 Å². The van der Waals surface area contributed by atoms with Crippen LogP contribution in [-0.2, 0) is 0 Å². The molecule has 14 heavy (non-hydrogen) atoms. The highest BCUT2D eigenvalue weighted by molar-refractivity contribution is 5.30. The molecule has 4 heteroatoms. The third-order valence-electron chi connectivity index (χ3n) is 1.95. The van der Waals surface area contributed by atoms with Crippen LogP contribution in [0.3, 0.4) is 0 Å². The maximum absolute atomic E-state index is 13.0. The molecule has 1 atom stereocenters. The van der Waals surface area contributed by atoms with Crippen molar-refractivity contribution < 1.29 is 14.2 Å². The topological polar surface area (TPSA) is 55.5 Å². The van der Waals surface area contributed by atoms with Gasteiger partial charge in [0.25, 0.3) is 0 Å². The number of hydrogen-bond acceptors (Lipinski definition) is 3. The van der Waals surface area contributed by atoms with E-state index in [4.69, 9.17) is 10.5 Å². The second-order valence-corrected chi connectivity index (χ2v) is 3.02. The number of aliphatic hydroxyl groups is 1. The molecule has 0 spiro atoms. The van der Waals surface area contributed by atoms with Gasteiger partial charge in [-0.15, -0.1) is 0 Å². The monoisotopic (exact) mass is 199 g/mol. The van der Waals surface area contributed by atoms with Crippen molar-refractivity contribution >= 4 is 0 Å². The van der Waals surface area contributed by atoms with E-state index in [9.17, 15) is 9.50 Å². The third kappa shape index (κ3) is 2.68. The van der Waals surface area contributed by atoms with Gasteiger partial charge in [0, 0.05) is 6.07 Å². The number of methoxy groups -OCH3 is 1. The molecule has 0 bridgehead atoms. The largest absolute Gasteiger partial charge is 0.497 e. The fourth-order valence-corrected chi connectivity index (χ4v) is 1.22. The quantitative estimate of drug-likeness (QED) is 0.766. The van der Waals surface area contributed by atoms with Gasteiger partial charge in [-0.25, -0.2) is 4.39 Å². The van der Waals surface area contributed by atoms with E-state index in [2.05, 4.69) is 0 Å². The average Bonchev–Trinajstić information content (AvgIpc) is 2.17. The predicted molar refractivity (Wildman–Crippen MR) is 51.6 cm³/mol. The normalized spacial score (nSPS) is 12.6. The molecule has 3 nitrogen and oxygen atoms in total. The summed E-state index contributed by atoms with van der Waals surface area (Å²) in [5.74, 6) is -0.0218. The van der Waals surface area contributed by atoms with Crippen LogP contribution in [-0.4, -0.2) is 18.8 Å². The summed E-state index contributed by atoms with van der Waals surface area (Å²) < 4.78 is 17.9. The Bertz CT molecular complexity index is 304. The molecule has 1 rings (SSSR count). The molecule has 0 amide bonds. The van der Waals surface area contributed by atoms with Gasteiger partial charge in [-0.1, -0.05) is 0 Å². The Balaban J connectivity index is 2.90. The van der Waals surface area contributed by atoms with E-state index in [1.165, 1.54) is 19.2 Å². The first-order valence-corrected chi connectivity index (χ1v) is 4.40. The van der Waals surface area contributed by atoms with Crippen LogP contribution in [0.2, 0.25) is 0 Å². The smallest absolute Gasteiger partial charge is 0.127 e. The van der Waals surface area contributed by atoms with E-state index in [0.717, 1.165) is 0 Å². The summed E-state index contributed by atoms with van der Waals surface area (Å²) >= 11 is 0. The van der Waals surface area contributed by atoms with E-state index >= 15 is 0 Å². The molecular formula is C10H14FNO2. The number of rotatable bonds is 4. The van der Waals surface area contributed by atoms with Crippen LogP contribution in [0.25, 0.3) is 0 Å². The Kier molecular flexibility index (Phi) is 3.85. The van der Waals surface area contributed by atoms with Gasteiger partial charge in [0.1, 0.15) is 11.6 Å². The Morgan fingerprint density at radius 2 is 2.21 bits per heavy atom. The summed E-state index contributed by atoms with van der Waals surface area (Å²) in [4.78, 5) is 0. The van der Waals surface area contributed by atoms with Crippen LogP contribution in [0, 0.1) is 5.82 Å². The zero-order valence-corrected chi connectivity index (χ0v) is 8.03. The number of hydrogen-bond donors (Lipinski definition) is 2. The van der Waals surface area contributed by atoms with Crippen molar-refractivity contribution in [2.24, 2.45) is 5.73 Å². The lowest BCUT2D eigenvalue weighted by Gasteiger charge is -2.11. The number of benzene rings is 1. The van der Waals surface area contributed by atoms with Crippen molar-refractivity contribution in [3.8, 4) is 5.75 Å². The van der Waals surface area contributed by atoms with Crippen molar-refractivity contribution in [3.05, 3.63) is 29.6 Å². The molecule has 78 valence electrons. The van der Waals surface area contributed by atoms with Crippen LogP contribution in [0.5, 0.6) is 5.75 Å². The number of halogens is 1. The van der Waals surface area contributed by atoms with Gasteiger partial charge in [0.2, 0.25) is 0 Å². The first-order chi connectivity index (χ1) is 6.67. The van der Waals surface area contributed by atoms with Crippen LogP contribution < -0.4 is 10.5 Å². The minimum atomic E-state index is -0.732. The highest BCUT2D eigenvalue weighted by Gasteiger charge is 2.09. The first-order valence-electron chi connectivity index (χ1n) is 4.40. The third-order valence-corrected chi connectivity index (χ3v) is 1.95. The van der Waals surface area contributed by atoms with Gasteiger partial charge in [-0.2, -0.15) is 0 Å². The minimum Gasteiger partial charge on any atom is -0.497 e. The van der Waals surface area contributed by atoms with Crippen LogP contribution in [0.15, 0.2) is 18.2 Å². The molecule has 1 aromatic rings. The Morgan fingerprint density at radius 3 is 2.79 bits per heavy atom. The molecule has 1 aromatic carbocycles. The first kappa shape index (κ1) is 10.9. The lowest BCUT2D eigenvalue weighted by atomic mass is 10.1. The molecule has 1 unspecified atom stereocenters. The molecule has 0 aliphatic rings. The number of nitrogens with two attached hydrogens (primary N) is 1. The molecule has 0 aromatic heterocycles. The molecular weight excluding hydrogens is 185 g/mol. The van der Waals surface area contributed by atoms with Gasteiger partial charge in [-0.05, 0) is 30.7 Å². The molecule has 0 saturated heterocycles. The Labute approximate surface area is 82.3 Å². The van der Waals surface area contributed by atoms with Crippen LogP contribution >= 0.6 is 0 Å². The van der Waals surface area contributed by atoms with Gasteiger partial charge < -0.3 is 15.6 Å². The lowest BCUT2D eigenvalue weighted by Crippen LogP contribution is -2.07. The molecule has 0 radical (unpaired) electrons. The zero-order valence-electron chi connectivity index (χ0n) is 8.03. The average molecular weight is 199 g/mol. The highest BCUT2D eigenvalue weighted by Crippen LogP contribution is 2.22. The van der Waals surface area contributed by atoms with E-state index in [0.29, 0.717) is 24.3 Å². The second kappa shape index (κ2) is 4.93. The highest BCUT2D eigenvalue weighted by atomic mass is 19.1. The summed E-state index contributed by atoms with van der Waals surface area (Å²) in [7, 11) is 1.45. The minimum absolute atomic E-state index is 0.361. The predicted octanol–water partition coefficient (Wildman–Crippen LogP) is 1.22. The fraction of sp³-hybridized carbons (Fsp3) is 0.400. The van der Waals surface area contributed by atoms with Crippen molar-refractivity contribution in [1.82, 2.24) is 0 Å². The Hall–Kier alpha value is -1.13. The molecule has 3 N–H and O–H groups in total. The molecule has 0 fully saturated rings. The maximum atomic E-state index is 13.0. The summed E-state index contributed by atoms with van der Waals surface area (Å²) in [5, 5.41) is 9.56. The van der Waals surface area contributed by atoms with E-state index in [-0.39, 0.29) is 0 Å². The molecule has 0 saturated carbocycles. The fourth-order valence-electron chi connectivity index (χ4n) is 1.22. The van der Waals surface area contributed by atoms with Gasteiger partial charge in [0.15, 0.2) is 0 Å². The second-order valence-electron chi connectivity index (χ2n) is 3.02. The SMILES string of the molecule is COc1cc(F)cc(C(O)CCN)c1. The van der Waals surface area contributed by atoms with Gasteiger partial charge in [0.05, 0.1) is 13.2 Å². The maximum Gasteiger partial charge on any atom is 0.127 e. The van der Waals surface area contributed by atoms with Gasteiger partial charge in [-0.3, -0.25) is 0 Å². The summed E-state index contributed by atoms with van der Waals surface area (Å²) in [6.45, 7) is 0.361. The molecule has 0 aliphatic carbocycles. The van der Waals surface area contributed by atoms with Crippen LogP contribution in [0.1, 0.15) is 18.1 Å². The van der Waals surface area contributed by atoms with Crippen molar-refractivity contribution in [2.75, 3.05) is 13.7 Å². The molecule has 0 heterocycles. The Morgan fingerprint density at radius 1 is 1.50 bits per heavy atom. The zero-order chi connectivity index (χ0) is 10.6. The van der Waals surface area contributed by atoms with Crippen molar-refractivity contribution in [2.45, 2.75) is 12.5 Å². The molecule has 0 aliphatic heterocycles. The van der Waals surface area contributed by atoms with Crippen molar-refractivity contribution in [1.29, 1.82) is 0 Å². The summed E-state index contributed by atoms with van der Waals surface area (Å²) in [6.07, 6.45) is -0.323. The van der Waals surface area contributed by atoms with E-state index in [1.54, 1.807) is 6.07 Å². The number of aliphatic hydroxyl groups excluding tert-OH is 1. The summed E-state index contributed by atoms with van der Waals surface area (Å²) in [6, 6.07) is 4.14. The summed E-state index contributed by atoms with van der Waals surface area (Å²) in [5.41, 5.74) is 5.78. The van der Waals surface area contributed by atoms with E-state index < -0.39 is 11.9 Å².